The Bertz CT molecular complexity index is 1100. The van der Waals surface area contributed by atoms with Crippen LogP contribution in [0.25, 0.3) is 11.4 Å². The molecule has 2 amide bonds. The quantitative estimate of drug-likeness (QED) is 0.603. The Labute approximate surface area is 186 Å². The summed E-state index contributed by atoms with van der Waals surface area (Å²) in [6.07, 6.45) is 5.36. The molecule has 1 aliphatic rings. The highest BCUT2D eigenvalue weighted by molar-refractivity contribution is 6.01. The minimum absolute atomic E-state index is 0.130. The summed E-state index contributed by atoms with van der Waals surface area (Å²) < 4.78 is 15.4. The van der Waals surface area contributed by atoms with Crippen LogP contribution in [0.3, 0.4) is 0 Å². The lowest BCUT2D eigenvalue weighted by atomic mass is 10.0. The van der Waals surface area contributed by atoms with Gasteiger partial charge in [0.1, 0.15) is 17.7 Å². The van der Waals surface area contributed by atoms with Crippen LogP contribution in [0.15, 0.2) is 54.7 Å². The van der Waals surface area contributed by atoms with Crippen molar-refractivity contribution in [2.45, 2.75) is 45.7 Å². The number of nitrogens with zero attached hydrogens (tertiary/aromatic N) is 2. The van der Waals surface area contributed by atoms with Gasteiger partial charge in [0.25, 0.3) is 5.91 Å². The van der Waals surface area contributed by atoms with Crippen LogP contribution >= 0.6 is 0 Å². The lowest BCUT2D eigenvalue weighted by Crippen LogP contribution is -2.47. The van der Waals surface area contributed by atoms with Crippen LogP contribution in [-0.4, -0.2) is 27.4 Å². The number of hydrogen-bond donors (Lipinski definition) is 2. The van der Waals surface area contributed by atoms with Crippen molar-refractivity contribution >= 4 is 17.5 Å². The number of imidazole rings is 1. The average Bonchev–Trinajstić information content (AvgIpc) is 3.22. The first-order chi connectivity index (χ1) is 15.4. The summed E-state index contributed by atoms with van der Waals surface area (Å²) in [5, 5.41) is 5.64. The molecule has 0 aliphatic carbocycles. The zero-order chi connectivity index (χ0) is 22.7. The van der Waals surface area contributed by atoms with E-state index in [9.17, 15) is 14.0 Å². The summed E-state index contributed by atoms with van der Waals surface area (Å²) in [5.74, 6) is -0.321. The number of rotatable bonds is 6. The smallest absolute Gasteiger partial charge is 0.251 e. The molecule has 1 atom stereocenters. The Morgan fingerprint density at radius 1 is 1.03 bits per heavy atom. The van der Waals surface area contributed by atoms with E-state index in [0.29, 0.717) is 11.3 Å². The number of fused-ring (bicyclic) bond motifs is 1. The molecule has 0 radical (unpaired) electrons. The number of aromatic nitrogens is 2. The molecule has 1 aliphatic heterocycles. The van der Waals surface area contributed by atoms with E-state index in [1.807, 2.05) is 44.3 Å². The molecule has 0 saturated heterocycles. The summed E-state index contributed by atoms with van der Waals surface area (Å²) in [6, 6.07) is 12.1. The number of benzene rings is 2. The van der Waals surface area contributed by atoms with Gasteiger partial charge in [-0.15, -0.1) is 0 Å². The van der Waals surface area contributed by atoms with Gasteiger partial charge in [0.2, 0.25) is 5.91 Å². The fourth-order valence-electron chi connectivity index (χ4n) is 3.95. The van der Waals surface area contributed by atoms with Gasteiger partial charge in [0.05, 0.1) is 0 Å². The van der Waals surface area contributed by atoms with Crippen molar-refractivity contribution in [2.75, 3.05) is 5.32 Å². The van der Waals surface area contributed by atoms with Crippen LogP contribution in [0.4, 0.5) is 10.1 Å². The number of aryl methyl sites for hydroxylation is 1. The van der Waals surface area contributed by atoms with Gasteiger partial charge in [-0.25, -0.2) is 9.37 Å². The molecular weight excluding hydrogens is 407 g/mol. The van der Waals surface area contributed by atoms with E-state index in [4.69, 9.17) is 0 Å². The van der Waals surface area contributed by atoms with Gasteiger partial charge in [-0.05, 0) is 73.7 Å². The van der Waals surface area contributed by atoms with Crippen LogP contribution in [0.2, 0.25) is 0 Å². The Hall–Kier alpha value is -3.48. The molecular formula is C25H27FN4O2. The van der Waals surface area contributed by atoms with Gasteiger partial charge < -0.3 is 15.2 Å². The maximum Gasteiger partial charge on any atom is 0.251 e. The highest BCUT2D eigenvalue weighted by Gasteiger charge is 2.25. The standard InChI is InChI=1S/C25H27FN4O2/c1-16(2)22(29-24(31)18-6-10-19(26)11-7-18)25(32)28-20-12-8-17(9-13-20)23-27-15-21-5-3-4-14-30(21)23/h6-13,15-16,22H,3-5,14H2,1-2H3,(H,28,32)(H,29,31). The molecule has 6 nitrogen and oxygen atoms in total. The number of anilines is 1. The van der Waals surface area contributed by atoms with Crippen LogP contribution in [0.5, 0.6) is 0 Å². The summed E-state index contributed by atoms with van der Waals surface area (Å²) in [7, 11) is 0. The Morgan fingerprint density at radius 3 is 2.44 bits per heavy atom. The SMILES string of the molecule is CC(C)C(NC(=O)c1ccc(F)cc1)C(=O)Nc1ccc(-c2ncc3n2CCCC3)cc1. The predicted octanol–water partition coefficient (Wildman–Crippen LogP) is 4.42. The lowest BCUT2D eigenvalue weighted by molar-refractivity contribution is -0.118. The third-order valence-corrected chi connectivity index (χ3v) is 5.76. The second kappa shape index (κ2) is 9.34. The minimum atomic E-state index is -0.730. The normalized spacial score (nSPS) is 14.0. The van der Waals surface area contributed by atoms with E-state index in [2.05, 4.69) is 20.2 Å². The van der Waals surface area contributed by atoms with Crippen LogP contribution in [0, 0.1) is 11.7 Å². The maximum absolute atomic E-state index is 13.1. The van der Waals surface area contributed by atoms with Crippen molar-refractivity contribution in [1.82, 2.24) is 14.9 Å². The minimum Gasteiger partial charge on any atom is -0.340 e. The first-order valence-electron chi connectivity index (χ1n) is 10.9. The highest BCUT2D eigenvalue weighted by Crippen LogP contribution is 2.25. The molecule has 7 heteroatoms. The number of nitrogens with one attached hydrogen (secondary N) is 2. The number of hydrogen-bond acceptors (Lipinski definition) is 3. The molecule has 32 heavy (non-hydrogen) atoms. The topological polar surface area (TPSA) is 76.0 Å². The number of amides is 2. The van der Waals surface area contributed by atoms with Gasteiger partial charge in [-0.3, -0.25) is 9.59 Å². The number of carbonyl (C=O) groups excluding carboxylic acids is 2. The molecule has 0 fully saturated rings. The number of halogens is 1. The molecule has 3 aromatic rings. The van der Waals surface area contributed by atoms with Crippen molar-refractivity contribution in [3.8, 4) is 11.4 Å². The van der Waals surface area contributed by atoms with Crippen molar-refractivity contribution in [3.05, 3.63) is 71.8 Å². The van der Waals surface area contributed by atoms with Gasteiger partial charge >= 0.3 is 0 Å². The van der Waals surface area contributed by atoms with E-state index >= 15 is 0 Å². The molecule has 0 spiro atoms. The first kappa shape index (κ1) is 21.7. The molecule has 2 heterocycles. The Balaban J connectivity index is 1.44. The second-order valence-electron chi connectivity index (χ2n) is 8.45. The number of carbonyl (C=O) groups is 2. The van der Waals surface area contributed by atoms with Crippen LogP contribution in [0.1, 0.15) is 42.7 Å². The monoisotopic (exact) mass is 434 g/mol. The Kier molecular flexibility index (Phi) is 6.35. The third-order valence-electron chi connectivity index (χ3n) is 5.76. The second-order valence-corrected chi connectivity index (χ2v) is 8.45. The van der Waals surface area contributed by atoms with E-state index in [1.165, 1.54) is 36.4 Å². The fourth-order valence-corrected chi connectivity index (χ4v) is 3.95. The van der Waals surface area contributed by atoms with Gasteiger partial charge in [0, 0.05) is 35.2 Å². The fraction of sp³-hybridized carbons (Fsp3) is 0.320. The summed E-state index contributed by atoms with van der Waals surface area (Å²) in [6.45, 7) is 4.70. The molecule has 0 bridgehead atoms. The first-order valence-corrected chi connectivity index (χ1v) is 10.9. The highest BCUT2D eigenvalue weighted by atomic mass is 19.1. The molecule has 2 aromatic carbocycles. The Morgan fingerprint density at radius 2 is 1.75 bits per heavy atom. The van der Waals surface area contributed by atoms with E-state index in [1.54, 1.807) is 0 Å². The molecule has 4 rings (SSSR count). The van der Waals surface area contributed by atoms with Crippen molar-refractivity contribution in [3.63, 3.8) is 0 Å². The largest absolute Gasteiger partial charge is 0.340 e. The van der Waals surface area contributed by atoms with Gasteiger partial charge in [-0.2, -0.15) is 0 Å². The summed E-state index contributed by atoms with van der Waals surface area (Å²) in [4.78, 5) is 30.0. The van der Waals surface area contributed by atoms with E-state index < -0.39 is 17.8 Å². The lowest BCUT2D eigenvalue weighted by Gasteiger charge is -2.22. The molecule has 1 aromatic heterocycles. The van der Waals surface area contributed by atoms with Crippen LogP contribution < -0.4 is 10.6 Å². The molecule has 1 unspecified atom stereocenters. The van der Waals surface area contributed by atoms with Crippen LogP contribution in [-0.2, 0) is 17.8 Å². The summed E-state index contributed by atoms with van der Waals surface area (Å²) >= 11 is 0. The summed E-state index contributed by atoms with van der Waals surface area (Å²) in [5.41, 5.74) is 3.21. The predicted molar refractivity (Wildman–Crippen MR) is 122 cm³/mol. The third kappa shape index (κ3) is 4.72. The van der Waals surface area contributed by atoms with E-state index in [-0.39, 0.29) is 11.8 Å². The maximum atomic E-state index is 13.1. The average molecular weight is 435 g/mol. The van der Waals surface area contributed by atoms with Crippen molar-refractivity contribution in [1.29, 1.82) is 0 Å². The van der Waals surface area contributed by atoms with Gasteiger partial charge in [-0.1, -0.05) is 13.8 Å². The molecule has 166 valence electrons. The van der Waals surface area contributed by atoms with Gasteiger partial charge in [0.15, 0.2) is 0 Å². The molecule has 0 saturated carbocycles. The van der Waals surface area contributed by atoms with Crippen molar-refractivity contribution < 1.29 is 14.0 Å². The van der Waals surface area contributed by atoms with Crippen molar-refractivity contribution in [2.24, 2.45) is 5.92 Å². The van der Waals surface area contributed by atoms with E-state index in [0.717, 1.165) is 30.8 Å². The zero-order valence-corrected chi connectivity index (χ0v) is 18.3. The molecule has 2 N–H and O–H groups in total. The zero-order valence-electron chi connectivity index (χ0n) is 18.3.